The number of benzene rings is 3. The maximum absolute atomic E-state index is 12.2. The number of rotatable bonds is 4. The SMILES string of the molecule is Cc1cccc(O[C@@H](C)C(=O)Oc2ccc3ccccc3c2)c1. The van der Waals surface area contributed by atoms with Crippen LogP contribution in [0.15, 0.2) is 66.7 Å². The molecule has 0 heterocycles. The Kier molecular flexibility index (Phi) is 4.29. The number of ether oxygens (including phenoxy) is 2. The lowest BCUT2D eigenvalue weighted by Crippen LogP contribution is -2.28. The summed E-state index contributed by atoms with van der Waals surface area (Å²) in [6, 6.07) is 21.1. The molecule has 3 rings (SSSR count). The lowest BCUT2D eigenvalue weighted by atomic mass is 10.1. The fourth-order valence-electron chi connectivity index (χ4n) is 2.37. The highest BCUT2D eigenvalue weighted by Crippen LogP contribution is 2.21. The molecule has 0 amide bonds. The van der Waals surface area contributed by atoms with Crippen LogP contribution in [0.1, 0.15) is 12.5 Å². The molecule has 0 unspecified atom stereocenters. The summed E-state index contributed by atoms with van der Waals surface area (Å²) in [5.41, 5.74) is 1.08. The van der Waals surface area contributed by atoms with Gasteiger partial charge in [-0.2, -0.15) is 0 Å². The molecule has 3 aromatic rings. The second-order valence-corrected chi connectivity index (χ2v) is 5.51. The van der Waals surface area contributed by atoms with Gasteiger partial charge in [0.15, 0.2) is 6.10 Å². The van der Waals surface area contributed by atoms with Crippen LogP contribution in [0.3, 0.4) is 0 Å². The molecule has 0 bridgehead atoms. The summed E-state index contributed by atoms with van der Waals surface area (Å²) < 4.78 is 11.1. The fraction of sp³-hybridized carbons (Fsp3) is 0.150. The smallest absolute Gasteiger partial charge is 0.352 e. The number of esters is 1. The zero-order chi connectivity index (χ0) is 16.2. The van der Waals surface area contributed by atoms with E-state index in [1.165, 1.54) is 0 Å². The molecule has 3 aromatic carbocycles. The van der Waals surface area contributed by atoms with Crippen molar-refractivity contribution in [2.24, 2.45) is 0 Å². The third kappa shape index (κ3) is 3.69. The molecule has 3 heteroatoms. The van der Waals surface area contributed by atoms with E-state index in [9.17, 15) is 4.79 Å². The number of fused-ring (bicyclic) bond motifs is 1. The van der Waals surface area contributed by atoms with E-state index in [1.54, 1.807) is 13.0 Å². The summed E-state index contributed by atoms with van der Waals surface area (Å²) in [4.78, 5) is 12.2. The Hall–Kier alpha value is -2.81. The predicted octanol–water partition coefficient (Wildman–Crippen LogP) is 4.52. The van der Waals surface area contributed by atoms with Crippen molar-refractivity contribution in [3.63, 3.8) is 0 Å². The quantitative estimate of drug-likeness (QED) is 0.525. The van der Waals surface area contributed by atoms with Crippen LogP contribution in [0, 0.1) is 6.92 Å². The van der Waals surface area contributed by atoms with Crippen LogP contribution in [-0.4, -0.2) is 12.1 Å². The van der Waals surface area contributed by atoms with Crippen LogP contribution < -0.4 is 9.47 Å². The first-order valence-electron chi connectivity index (χ1n) is 7.55. The highest BCUT2D eigenvalue weighted by Gasteiger charge is 2.17. The molecule has 0 spiro atoms. The molecule has 1 atom stereocenters. The van der Waals surface area contributed by atoms with E-state index in [0.717, 1.165) is 16.3 Å². The molecule has 0 saturated heterocycles. The van der Waals surface area contributed by atoms with E-state index in [0.29, 0.717) is 11.5 Å². The second-order valence-electron chi connectivity index (χ2n) is 5.51. The van der Waals surface area contributed by atoms with E-state index in [1.807, 2.05) is 67.6 Å². The number of carbonyl (C=O) groups excluding carboxylic acids is 1. The number of aryl methyl sites for hydroxylation is 1. The first-order chi connectivity index (χ1) is 11.1. The molecule has 3 nitrogen and oxygen atoms in total. The summed E-state index contributed by atoms with van der Waals surface area (Å²) in [7, 11) is 0. The van der Waals surface area contributed by atoms with Gasteiger partial charge in [-0.15, -0.1) is 0 Å². The normalized spacial score (nSPS) is 11.9. The van der Waals surface area contributed by atoms with Crippen molar-refractivity contribution in [3.05, 3.63) is 72.3 Å². The maximum atomic E-state index is 12.2. The van der Waals surface area contributed by atoms with Crippen LogP contribution in [0.2, 0.25) is 0 Å². The van der Waals surface area contributed by atoms with Gasteiger partial charge in [-0.1, -0.05) is 42.5 Å². The molecule has 0 aliphatic rings. The van der Waals surface area contributed by atoms with Crippen LogP contribution in [-0.2, 0) is 4.79 Å². The standard InChI is InChI=1S/C20H18O3/c1-14-6-5-9-18(12-14)22-15(2)20(21)23-19-11-10-16-7-3-4-8-17(16)13-19/h3-13,15H,1-2H3/t15-/m0/s1. The lowest BCUT2D eigenvalue weighted by Gasteiger charge is -2.14. The van der Waals surface area contributed by atoms with E-state index in [4.69, 9.17) is 9.47 Å². The Bertz CT molecular complexity index is 839. The average Bonchev–Trinajstić information content (AvgIpc) is 2.54. The molecule has 0 aliphatic heterocycles. The topological polar surface area (TPSA) is 35.5 Å². The van der Waals surface area contributed by atoms with E-state index in [2.05, 4.69) is 0 Å². The zero-order valence-electron chi connectivity index (χ0n) is 13.2. The maximum Gasteiger partial charge on any atom is 0.352 e. The van der Waals surface area contributed by atoms with Crippen LogP contribution >= 0.6 is 0 Å². The summed E-state index contributed by atoms with van der Waals surface area (Å²) in [6.45, 7) is 3.66. The van der Waals surface area contributed by atoms with E-state index < -0.39 is 12.1 Å². The van der Waals surface area contributed by atoms with Crippen LogP contribution in [0.25, 0.3) is 10.8 Å². The predicted molar refractivity (Wildman–Crippen MR) is 90.9 cm³/mol. The fourth-order valence-corrected chi connectivity index (χ4v) is 2.37. The first-order valence-corrected chi connectivity index (χ1v) is 7.55. The Labute approximate surface area is 135 Å². The first kappa shape index (κ1) is 15.1. The van der Waals surface area contributed by atoms with Gasteiger partial charge in [0, 0.05) is 0 Å². The Morgan fingerprint density at radius 3 is 2.43 bits per heavy atom. The van der Waals surface area contributed by atoms with Gasteiger partial charge in [0.05, 0.1) is 0 Å². The summed E-state index contributed by atoms with van der Waals surface area (Å²) >= 11 is 0. The lowest BCUT2D eigenvalue weighted by molar-refractivity contribution is -0.141. The number of carbonyl (C=O) groups is 1. The van der Waals surface area contributed by atoms with Gasteiger partial charge in [-0.05, 0) is 54.4 Å². The van der Waals surface area contributed by atoms with Crippen LogP contribution in [0.4, 0.5) is 0 Å². The molecule has 0 fully saturated rings. The molecule has 0 N–H and O–H groups in total. The van der Waals surface area contributed by atoms with Gasteiger partial charge in [0.1, 0.15) is 11.5 Å². The molecule has 23 heavy (non-hydrogen) atoms. The molecule has 0 aliphatic carbocycles. The highest BCUT2D eigenvalue weighted by molar-refractivity contribution is 5.85. The van der Waals surface area contributed by atoms with Crippen molar-refractivity contribution in [1.82, 2.24) is 0 Å². The highest BCUT2D eigenvalue weighted by atomic mass is 16.6. The molecular formula is C20H18O3. The van der Waals surface area contributed by atoms with Crippen molar-refractivity contribution in [1.29, 1.82) is 0 Å². The Balaban J connectivity index is 1.69. The van der Waals surface area contributed by atoms with E-state index >= 15 is 0 Å². The van der Waals surface area contributed by atoms with Gasteiger partial charge < -0.3 is 9.47 Å². The number of hydrogen-bond acceptors (Lipinski definition) is 3. The van der Waals surface area contributed by atoms with Crippen molar-refractivity contribution in [2.45, 2.75) is 20.0 Å². The third-order valence-electron chi connectivity index (χ3n) is 3.57. The summed E-state index contributed by atoms with van der Waals surface area (Å²) in [5.74, 6) is 0.767. The zero-order valence-corrected chi connectivity index (χ0v) is 13.2. The van der Waals surface area contributed by atoms with Crippen molar-refractivity contribution in [3.8, 4) is 11.5 Å². The monoisotopic (exact) mass is 306 g/mol. The van der Waals surface area contributed by atoms with Gasteiger partial charge in [-0.25, -0.2) is 4.79 Å². The molecule has 0 radical (unpaired) electrons. The third-order valence-corrected chi connectivity index (χ3v) is 3.57. The number of hydrogen-bond donors (Lipinski definition) is 0. The molecular weight excluding hydrogens is 288 g/mol. The van der Waals surface area contributed by atoms with E-state index in [-0.39, 0.29) is 0 Å². The van der Waals surface area contributed by atoms with Gasteiger partial charge >= 0.3 is 5.97 Å². The van der Waals surface area contributed by atoms with Gasteiger partial charge in [0.2, 0.25) is 0 Å². The average molecular weight is 306 g/mol. The minimum atomic E-state index is -0.678. The minimum Gasteiger partial charge on any atom is -0.479 e. The second kappa shape index (κ2) is 6.53. The molecule has 116 valence electrons. The van der Waals surface area contributed by atoms with Gasteiger partial charge in [-0.3, -0.25) is 0 Å². The van der Waals surface area contributed by atoms with Crippen LogP contribution in [0.5, 0.6) is 11.5 Å². The summed E-state index contributed by atoms with van der Waals surface area (Å²) in [5, 5.41) is 2.14. The largest absolute Gasteiger partial charge is 0.479 e. The Morgan fingerprint density at radius 1 is 0.870 bits per heavy atom. The molecule has 0 aromatic heterocycles. The van der Waals surface area contributed by atoms with Crippen molar-refractivity contribution >= 4 is 16.7 Å². The summed E-state index contributed by atoms with van der Waals surface area (Å²) in [6.07, 6.45) is -0.678. The van der Waals surface area contributed by atoms with Crippen molar-refractivity contribution in [2.75, 3.05) is 0 Å². The van der Waals surface area contributed by atoms with Crippen molar-refractivity contribution < 1.29 is 14.3 Å². The van der Waals surface area contributed by atoms with Gasteiger partial charge in [0.25, 0.3) is 0 Å². The Morgan fingerprint density at radius 2 is 1.65 bits per heavy atom. The molecule has 0 saturated carbocycles. The minimum absolute atomic E-state index is 0.415.